The van der Waals surface area contributed by atoms with Gasteiger partial charge in [-0.1, -0.05) is 12.1 Å². The van der Waals surface area contributed by atoms with Gasteiger partial charge in [0.1, 0.15) is 0 Å². The fourth-order valence-electron chi connectivity index (χ4n) is 3.75. The van der Waals surface area contributed by atoms with Gasteiger partial charge in [0.05, 0.1) is 5.52 Å². The van der Waals surface area contributed by atoms with Crippen molar-refractivity contribution in [2.45, 2.75) is 38.6 Å². The Labute approximate surface area is 163 Å². The summed E-state index contributed by atoms with van der Waals surface area (Å²) in [5.41, 5.74) is 3.35. The molecule has 146 valence electrons. The lowest BCUT2D eigenvalue weighted by molar-refractivity contribution is -0.116. The predicted molar refractivity (Wildman–Crippen MR) is 111 cm³/mol. The zero-order valence-corrected chi connectivity index (χ0v) is 15.9. The van der Waals surface area contributed by atoms with Gasteiger partial charge < -0.3 is 14.6 Å². The van der Waals surface area contributed by atoms with Crippen molar-refractivity contribution in [3.05, 3.63) is 59.1 Å². The van der Waals surface area contributed by atoms with Gasteiger partial charge in [0.25, 0.3) is 0 Å². The van der Waals surface area contributed by atoms with Crippen molar-refractivity contribution in [2.75, 3.05) is 23.3 Å². The van der Waals surface area contributed by atoms with Gasteiger partial charge in [-0.05, 0) is 62.1 Å². The van der Waals surface area contributed by atoms with E-state index in [9.17, 15) is 9.59 Å². The number of hydrogen-bond acceptors (Lipinski definition) is 4. The lowest BCUT2D eigenvalue weighted by atomic mass is 10.1. The van der Waals surface area contributed by atoms with Gasteiger partial charge in [-0.25, -0.2) is 4.79 Å². The molecule has 1 aliphatic heterocycles. The third kappa shape index (κ3) is 4.11. The van der Waals surface area contributed by atoms with Crippen LogP contribution in [0.1, 0.15) is 32.1 Å². The van der Waals surface area contributed by atoms with E-state index < -0.39 is 0 Å². The molecule has 1 amide bonds. The molecule has 6 nitrogen and oxygen atoms in total. The van der Waals surface area contributed by atoms with Crippen LogP contribution in [0.5, 0.6) is 0 Å². The highest BCUT2D eigenvalue weighted by Gasteiger charge is 2.12. The van der Waals surface area contributed by atoms with Gasteiger partial charge in [0.15, 0.2) is 5.58 Å². The zero-order valence-electron chi connectivity index (χ0n) is 15.9. The quantitative estimate of drug-likeness (QED) is 0.703. The molecule has 0 spiro atoms. The van der Waals surface area contributed by atoms with Crippen LogP contribution >= 0.6 is 0 Å². The maximum Gasteiger partial charge on any atom is 0.419 e. The van der Waals surface area contributed by atoms with E-state index in [1.165, 1.54) is 24.9 Å². The van der Waals surface area contributed by atoms with Crippen LogP contribution in [0.4, 0.5) is 11.4 Å². The number of rotatable bonds is 6. The number of hydrogen-bond donors (Lipinski definition) is 1. The van der Waals surface area contributed by atoms with E-state index >= 15 is 0 Å². The normalized spacial score (nSPS) is 14.4. The Morgan fingerprint density at radius 1 is 1.00 bits per heavy atom. The molecule has 2 aromatic carbocycles. The Morgan fingerprint density at radius 2 is 1.75 bits per heavy atom. The van der Waals surface area contributed by atoms with E-state index in [0.29, 0.717) is 25.0 Å². The van der Waals surface area contributed by atoms with Gasteiger partial charge in [-0.15, -0.1) is 0 Å². The molecular weight excluding hydrogens is 354 g/mol. The van der Waals surface area contributed by atoms with E-state index in [2.05, 4.69) is 22.3 Å². The second-order valence-electron chi connectivity index (χ2n) is 7.23. The number of benzene rings is 2. The summed E-state index contributed by atoms with van der Waals surface area (Å²) in [6, 6.07) is 15.4. The summed E-state index contributed by atoms with van der Waals surface area (Å²) in [5.74, 6) is -0.429. The van der Waals surface area contributed by atoms with Crippen LogP contribution in [0.3, 0.4) is 0 Å². The molecule has 1 saturated heterocycles. The van der Waals surface area contributed by atoms with Crippen molar-refractivity contribution in [1.82, 2.24) is 4.57 Å². The third-order valence-corrected chi connectivity index (χ3v) is 5.23. The van der Waals surface area contributed by atoms with Crippen molar-refractivity contribution in [3.63, 3.8) is 0 Å². The van der Waals surface area contributed by atoms with Crippen molar-refractivity contribution in [2.24, 2.45) is 0 Å². The van der Waals surface area contributed by atoms with Crippen LogP contribution in [0, 0.1) is 0 Å². The number of piperidine rings is 1. The maximum atomic E-state index is 12.2. The first-order valence-corrected chi connectivity index (χ1v) is 9.94. The van der Waals surface area contributed by atoms with Crippen LogP contribution in [-0.2, 0) is 11.3 Å². The smallest absolute Gasteiger partial charge is 0.408 e. The number of carbonyl (C=O) groups excluding carboxylic acids is 1. The number of para-hydroxylation sites is 2. The Morgan fingerprint density at radius 3 is 2.54 bits per heavy atom. The highest BCUT2D eigenvalue weighted by Crippen LogP contribution is 2.22. The molecule has 28 heavy (non-hydrogen) atoms. The molecule has 6 heteroatoms. The first kappa shape index (κ1) is 18.3. The summed E-state index contributed by atoms with van der Waals surface area (Å²) in [6.07, 6.45) is 4.72. The molecule has 1 aromatic heterocycles. The Hall–Kier alpha value is -3.02. The highest BCUT2D eigenvalue weighted by atomic mass is 16.4. The van der Waals surface area contributed by atoms with Gasteiger partial charge in [0, 0.05) is 37.4 Å². The van der Waals surface area contributed by atoms with Crippen molar-refractivity contribution in [3.8, 4) is 0 Å². The summed E-state index contributed by atoms with van der Waals surface area (Å²) in [7, 11) is 0. The topological polar surface area (TPSA) is 67.5 Å². The van der Waals surface area contributed by atoms with Crippen LogP contribution in [-0.4, -0.2) is 23.6 Å². The van der Waals surface area contributed by atoms with Crippen molar-refractivity contribution in [1.29, 1.82) is 0 Å². The summed E-state index contributed by atoms with van der Waals surface area (Å²) in [4.78, 5) is 26.6. The first-order valence-electron chi connectivity index (χ1n) is 9.94. The summed E-state index contributed by atoms with van der Waals surface area (Å²) < 4.78 is 6.80. The molecule has 3 aromatic rings. The number of aromatic nitrogens is 1. The molecule has 2 heterocycles. The SMILES string of the molecule is O=C(CCCn1c(=O)oc2ccccc21)Nc1ccc(N2CCCCC2)cc1. The number of nitrogens with one attached hydrogen (secondary N) is 1. The fourth-order valence-corrected chi connectivity index (χ4v) is 3.75. The lowest BCUT2D eigenvalue weighted by Crippen LogP contribution is -2.29. The third-order valence-electron chi connectivity index (χ3n) is 5.23. The van der Waals surface area contributed by atoms with Crippen LogP contribution in [0.25, 0.3) is 11.1 Å². The van der Waals surface area contributed by atoms with E-state index in [4.69, 9.17) is 4.42 Å². The molecule has 1 fully saturated rings. The first-order chi connectivity index (χ1) is 13.7. The summed E-state index contributed by atoms with van der Waals surface area (Å²) in [5, 5.41) is 2.94. The molecule has 0 bridgehead atoms. The Balaban J connectivity index is 1.29. The fraction of sp³-hybridized carbons (Fsp3) is 0.364. The van der Waals surface area contributed by atoms with Crippen LogP contribution < -0.4 is 16.0 Å². The second kappa shape index (κ2) is 8.33. The number of anilines is 2. The average molecular weight is 379 g/mol. The van der Waals surface area contributed by atoms with Gasteiger partial charge in [-0.2, -0.15) is 0 Å². The minimum atomic E-state index is -0.380. The summed E-state index contributed by atoms with van der Waals surface area (Å²) >= 11 is 0. The zero-order chi connectivity index (χ0) is 19.3. The predicted octanol–water partition coefficient (Wildman–Crippen LogP) is 4.00. The van der Waals surface area contributed by atoms with Crippen LogP contribution in [0.2, 0.25) is 0 Å². The number of fused-ring (bicyclic) bond motifs is 1. The Bertz CT molecular complexity index is 998. The van der Waals surface area contributed by atoms with Crippen molar-refractivity contribution < 1.29 is 9.21 Å². The van der Waals surface area contributed by atoms with Crippen LogP contribution in [0.15, 0.2) is 57.7 Å². The molecule has 0 unspecified atom stereocenters. The largest absolute Gasteiger partial charge is 0.419 e. The minimum absolute atomic E-state index is 0.0495. The molecule has 4 rings (SSSR count). The van der Waals surface area contributed by atoms with Gasteiger partial charge in [-0.3, -0.25) is 9.36 Å². The van der Waals surface area contributed by atoms with Gasteiger partial charge in [0.2, 0.25) is 5.91 Å². The lowest BCUT2D eigenvalue weighted by Gasteiger charge is -2.28. The second-order valence-corrected chi connectivity index (χ2v) is 7.23. The minimum Gasteiger partial charge on any atom is -0.408 e. The van der Waals surface area contributed by atoms with E-state index in [1.807, 2.05) is 30.3 Å². The summed E-state index contributed by atoms with van der Waals surface area (Å²) in [6.45, 7) is 2.67. The number of oxazole rings is 1. The van der Waals surface area contributed by atoms with E-state index in [1.54, 1.807) is 10.6 Å². The highest BCUT2D eigenvalue weighted by molar-refractivity contribution is 5.90. The average Bonchev–Trinajstić information content (AvgIpc) is 3.04. The number of carbonyl (C=O) groups is 1. The maximum absolute atomic E-state index is 12.2. The van der Waals surface area contributed by atoms with Gasteiger partial charge >= 0.3 is 5.76 Å². The molecule has 0 atom stereocenters. The molecule has 0 aliphatic carbocycles. The number of nitrogens with zero attached hydrogens (tertiary/aromatic N) is 2. The van der Waals surface area contributed by atoms with Crippen molar-refractivity contribution >= 4 is 28.4 Å². The monoisotopic (exact) mass is 379 g/mol. The molecular formula is C22H25N3O3. The number of aryl methyl sites for hydroxylation is 1. The Kier molecular flexibility index (Phi) is 5.46. The molecule has 1 aliphatic rings. The van der Waals surface area contributed by atoms with E-state index in [0.717, 1.165) is 24.3 Å². The molecule has 1 N–H and O–H groups in total. The standard InChI is InChI=1S/C22H25N3O3/c26-21(9-6-16-25-19-7-2-3-8-20(19)28-22(25)27)23-17-10-12-18(13-11-17)24-14-4-1-5-15-24/h2-3,7-8,10-13H,1,4-6,9,14-16H2,(H,23,26). The molecule has 0 saturated carbocycles. The number of amides is 1. The molecule has 0 radical (unpaired) electrons. The van der Waals surface area contributed by atoms with E-state index in [-0.39, 0.29) is 11.7 Å².